The first-order valence-corrected chi connectivity index (χ1v) is 5.21. The molecule has 0 bridgehead atoms. The van der Waals surface area contributed by atoms with Crippen LogP contribution in [0.5, 0.6) is 11.5 Å². The SMILES string of the molecule is C=Cc1c(OC)cc2c(c1C)CCC(=O)O2. The molecule has 0 N–H and O–H groups in total. The van der Waals surface area contributed by atoms with Crippen LogP contribution in [0.3, 0.4) is 0 Å². The number of hydrogen-bond donors (Lipinski definition) is 0. The highest BCUT2D eigenvalue weighted by atomic mass is 16.5. The Morgan fingerprint density at radius 1 is 1.50 bits per heavy atom. The molecule has 1 aromatic rings. The van der Waals surface area contributed by atoms with Gasteiger partial charge in [-0.25, -0.2) is 0 Å². The standard InChI is InChI=1S/C13H14O3/c1-4-9-8(2)10-5-6-13(14)16-12(10)7-11(9)15-3/h4,7H,1,5-6H2,2-3H3. The molecule has 3 nitrogen and oxygen atoms in total. The molecule has 0 saturated carbocycles. The molecule has 2 rings (SSSR count). The molecular formula is C13H14O3. The second-order valence-corrected chi connectivity index (χ2v) is 3.77. The highest BCUT2D eigenvalue weighted by Gasteiger charge is 2.22. The molecule has 0 fully saturated rings. The molecule has 0 saturated heterocycles. The molecule has 0 atom stereocenters. The van der Waals surface area contributed by atoms with Crippen LogP contribution >= 0.6 is 0 Å². The van der Waals surface area contributed by atoms with Gasteiger partial charge in [-0.05, 0) is 24.5 Å². The number of esters is 1. The van der Waals surface area contributed by atoms with Crippen molar-refractivity contribution in [3.05, 3.63) is 29.3 Å². The zero-order valence-corrected chi connectivity index (χ0v) is 9.50. The van der Waals surface area contributed by atoms with E-state index in [1.54, 1.807) is 19.3 Å². The number of carbonyl (C=O) groups excluding carboxylic acids is 1. The third kappa shape index (κ3) is 1.58. The number of rotatable bonds is 2. The first-order chi connectivity index (χ1) is 7.67. The van der Waals surface area contributed by atoms with E-state index in [1.807, 2.05) is 6.92 Å². The summed E-state index contributed by atoms with van der Waals surface area (Å²) < 4.78 is 10.5. The highest BCUT2D eigenvalue weighted by Crippen LogP contribution is 2.36. The average Bonchev–Trinajstić information content (AvgIpc) is 2.28. The third-order valence-corrected chi connectivity index (χ3v) is 2.91. The summed E-state index contributed by atoms with van der Waals surface area (Å²) in [5.74, 6) is 1.14. The maximum Gasteiger partial charge on any atom is 0.311 e. The van der Waals surface area contributed by atoms with Gasteiger partial charge in [0.2, 0.25) is 0 Å². The van der Waals surface area contributed by atoms with Crippen molar-refractivity contribution in [2.24, 2.45) is 0 Å². The van der Waals surface area contributed by atoms with E-state index in [0.717, 1.165) is 23.1 Å². The molecule has 0 unspecified atom stereocenters. The van der Waals surface area contributed by atoms with Crippen LogP contribution in [-0.4, -0.2) is 13.1 Å². The summed E-state index contributed by atoms with van der Waals surface area (Å²) in [4.78, 5) is 11.2. The summed E-state index contributed by atoms with van der Waals surface area (Å²) in [7, 11) is 1.60. The number of ether oxygens (including phenoxy) is 2. The molecule has 0 spiro atoms. The van der Waals surface area contributed by atoms with E-state index >= 15 is 0 Å². The van der Waals surface area contributed by atoms with Gasteiger partial charge in [0.1, 0.15) is 11.5 Å². The van der Waals surface area contributed by atoms with Gasteiger partial charge in [-0.1, -0.05) is 12.7 Å². The van der Waals surface area contributed by atoms with Gasteiger partial charge < -0.3 is 9.47 Å². The van der Waals surface area contributed by atoms with Crippen LogP contribution in [0.4, 0.5) is 0 Å². The quantitative estimate of drug-likeness (QED) is 0.565. The minimum atomic E-state index is -0.180. The van der Waals surface area contributed by atoms with Crippen LogP contribution in [0, 0.1) is 6.92 Å². The second-order valence-electron chi connectivity index (χ2n) is 3.77. The molecule has 16 heavy (non-hydrogen) atoms. The summed E-state index contributed by atoms with van der Waals surface area (Å²) >= 11 is 0. The molecule has 1 aliphatic heterocycles. The van der Waals surface area contributed by atoms with Crippen LogP contribution in [0.2, 0.25) is 0 Å². The van der Waals surface area contributed by atoms with Crippen molar-refractivity contribution >= 4 is 12.0 Å². The fourth-order valence-electron chi connectivity index (χ4n) is 2.04. The Morgan fingerprint density at radius 3 is 2.88 bits per heavy atom. The lowest BCUT2D eigenvalue weighted by Crippen LogP contribution is -2.17. The van der Waals surface area contributed by atoms with Gasteiger partial charge in [0, 0.05) is 11.6 Å². The fraction of sp³-hybridized carbons (Fsp3) is 0.308. The van der Waals surface area contributed by atoms with E-state index in [0.29, 0.717) is 17.9 Å². The van der Waals surface area contributed by atoms with E-state index in [9.17, 15) is 4.79 Å². The minimum absolute atomic E-state index is 0.180. The molecule has 84 valence electrons. The molecule has 1 aromatic carbocycles. The van der Waals surface area contributed by atoms with E-state index in [2.05, 4.69) is 6.58 Å². The van der Waals surface area contributed by atoms with Crippen LogP contribution in [-0.2, 0) is 11.2 Å². The summed E-state index contributed by atoms with van der Waals surface area (Å²) in [5, 5.41) is 0. The molecule has 0 radical (unpaired) electrons. The summed E-state index contributed by atoms with van der Waals surface area (Å²) in [6.07, 6.45) is 2.94. The van der Waals surface area contributed by atoms with Crippen molar-refractivity contribution in [3.8, 4) is 11.5 Å². The number of fused-ring (bicyclic) bond motifs is 1. The second kappa shape index (κ2) is 4.00. The highest BCUT2D eigenvalue weighted by molar-refractivity contribution is 5.77. The van der Waals surface area contributed by atoms with Gasteiger partial charge in [0.05, 0.1) is 13.5 Å². The minimum Gasteiger partial charge on any atom is -0.496 e. The summed E-state index contributed by atoms with van der Waals surface area (Å²) in [5.41, 5.74) is 3.13. The van der Waals surface area contributed by atoms with Crippen LogP contribution < -0.4 is 9.47 Å². The zero-order chi connectivity index (χ0) is 11.7. The number of methoxy groups -OCH3 is 1. The Labute approximate surface area is 94.7 Å². The maximum absolute atomic E-state index is 11.2. The topological polar surface area (TPSA) is 35.5 Å². The van der Waals surface area contributed by atoms with Crippen molar-refractivity contribution in [1.29, 1.82) is 0 Å². The van der Waals surface area contributed by atoms with E-state index in [1.165, 1.54) is 0 Å². The number of benzene rings is 1. The molecule has 0 aliphatic carbocycles. The Morgan fingerprint density at radius 2 is 2.25 bits per heavy atom. The predicted molar refractivity (Wildman–Crippen MR) is 61.8 cm³/mol. The molecule has 1 aliphatic rings. The fourth-order valence-corrected chi connectivity index (χ4v) is 2.04. The molecule has 0 amide bonds. The smallest absolute Gasteiger partial charge is 0.311 e. The Bertz CT molecular complexity index is 461. The first kappa shape index (κ1) is 10.7. The van der Waals surface area contributed by atoms with Crippen molar-refractivity contribution in [2.45, 2.75) is 19.8 Å². The number of carbonyl (C=O) groups is 1. The molecular weight excluding hydrogens is 204 g/mol. The van der Waals surface area contributed by atoms with Crippen LogP contribution in [0.1, 0.15) is 23.1 Å². The first-order valence-electron chi connectivity index (χ1n) is 5.21. The van der Waals surface area contributed by atoms with Gasteiger partial charge in [0.25, 0.3) is 0 Å². The van der Waals surface area contributed by atoms with Gasteiger partial charge in [0.15, 0.2) is 0 Å². The Kier molecular flexibility index (Phi) is 2.69. The normalized spacial score (nSPS) is 14.0. The van der Waals surface area contributed by atoms with Crippen molar-refractivity contribution < 1.29 is 14.3 Å². The Balaban J connectivity index is 2.62. The lowest BCUT2D eigenvalue weighted by Gasteiger charge is -2.20. The van der Waals surface area contributed by atoms with Crippen molar-refractivity contribution in [3.63, 3.8) is 0 Å². The van der Waals surface area contributed by atoms with E-state index < -0.39 is 0 Å². The van der Waals surface area contributed by atoms with E-state index in [-0.39, 0.29) is 5.97 Å². The number of hydrogen-bond acceptors (Lipinski definition) is 3. The zero-order valence-electron chi connectivity index (χ0n) is 9.50. The lowest BCUT2D eigenvalue weighted by atomic mass is 9.95. The predicted octanol–water partition coefficient (Wildman–Crippen LogP) is 2.50. The van der Waals surface area contributed by atoms with E-state index in [4.69, 9.17) is 9.47 Å². The molecule has 1 heterocycles. The van der Waals surface area contributed by atoms with Crippen molar-refractivity contribution in [2.75, 3.05) is 7.11 Å². The largest absolute Gasteiger partial charge is 0.496 e. The maximum atomic E-state index is 11.2. The third-order valence-electron chi connectivity index (χ3n) is 2.91. The molecule has 3 heteroatoms. The average molecular weight is 218 g/mol. The van der Waals surface area contributed by atoms with Gasteiger partial charge in [-0.15, -0.1) is 0 Å². The summed E-state index contributed by atoms with van der Waals surface area (Å²) in [6.45, 7) is 5.77. The monoisotopic (exact) mass is 218 g/mol. The molecule has 0 aromatic heterocycles. The summed E-state index contributed by atoms with van der Waals surface area (Å²) in [6, 6.07) is 1.76. The van der Waals surface area contributed by atoms with Crippen LogP contribution in [0.15, 0.2) is 12.6 Å². The van der Waals surface area contributed by atoms with Gasteiger partial charge >= 0.3 is 5.97 Å². The van der Waals surface area contributed by atoms with Crippen LogP contribution in [0.25, 0.3) is 6.08 Å². The van der Waals surface area contributed by atoms with Gasteiger partial charge in [-0.2, -0.15) is 0 Å². The van der Waals surface area contributed by atoms with Crippen molar-refractivity contribution in [1.82, 2.24) is 0 Å². The Hall–Kier alpha value is -1.77. The lowest BCUT2D eigenvalue weighted by molar-refractivity contribution is -0.135. The van der Waals surface area contributed by atoms with Gasteiger partial charge in [-0.3, -0.25) is 4.79 Å².